The Balaban J connectivity index is 1.92. The van der Waals surface area contributed by atoms with Crippen molar-refractivity contribution in [3.05, 3.63) is 29.8 Å². The fourth-order valence-electron chi connectivity index (χ4n) is 2.85. The average molecular weight is 423 g/mol. The minimum atomic E-state index is -0.364. The van der Waals surface area contributed by atoms with Gasteiger partial charge in [-0.3, -0.25) is 4.98 Å². The van der Waals surface area contributed by atoms with Gasteiger partial charge in [0.2, 0.25) is 0 Å². The van der Waals surface area contributed by atoms with E-state index in [1.807, 2.05) is 6.92 Å². The van der Waals surface area contributed by atoms with Gasteiger partial charge >= 0.3 is 0 Å². The van der Waals surface area contributed by atoms with Crippen molar-refractivity contribution in [2.75, 3.05) is 17.7 Å². The van der Waals surface area contributed by atoms with Gasteiger partial charge in [-0.15, -0.1) is 0 Å². The Morgan fingerprint density at radius 1 is 1.29 bits per heavy atom. The molecule has 0 radical (unpaired) electrons. The zero-order valence-corrected chi connectivity index (χ0v) is 17.5. The molecule has 0 aromatic carbocycles. The Morgan fingerprint density at radius 2 is 2.07 bits per heavy atom. The fraction of sp³-hybridized carbons (Fsp3) is 0.444. The molecule has 0 bridgehead atoms. The summed E-state index contributed by atoms with van der Waals surface area (Å²) in [5.74, 6) is 0.637. The van der Waals surface area contributed by atoms with E-state index in [4.69, 9.17) is 5.73 Å². The molecule has 28 heavy (non-hydrogen) atoms. The van der Waals surface area contributed by atoms with E-state index < -0.39 is 0 Å². The quantitative estimate of drug-likeness (QED) is 0.371. The van der Waals surface area contributed by atoms with Gasteiger partial charge in [-0.25, -0.2) is 19.3 Å². The number of hydrogen-bond donors (Lipinski definition) is 3. The first-order valence-electron chi connectivity index (χ1n) is 8.94. The monoisotopic (exact) mass is 422 g/mol. The van der Waals surface area contributed by atoms with Gasteiger partial charge in [0.25, 0.3) is 0 Å². The highest BCUT2D eigenvalue weighted by atomic mass is 32.2. The largest absolute Gasteiger partial charge is 0.394 e. The van der Waals surface area contributed by atoms with E-state index in [0.29, 0.717) is 33.2 Å². The average Bonchev–Trinajstić information content (AvgIpc) is 3.01. The van der Waals surface area contributed by atoms with Crippen LogP contribution < -0.4 is 11.1 Å². The summed E-state index contributed by atoms with van der Waals surface area (Å²) in [6.07, 6.45) is 3.55. The van der Waals surface area contributed by atoms with Crippen LogP contribution in [0, 0.1) is 11.7 Å². The van der Waals surface area contributed by atoms with Crippen LogP contribution in [-0.2, 0) is 0 Å². The van der Waals surface area contributed by atoms with Gasteiger partial charge in [0.05, 0.1) is 18.8 Å². The maximum absolute atomic E-state index is 14.0. The van der Waals surface area contributed by atoms with Gasteiger partial charge in [0.15, 0.2) is 21.8 Å². The number of aromatic nitrogens is 4. The predicted molar refractivity (Wildman–Crippen MR) is 112 cm³/mol. The first-order valence-corrected chi connectivity index (χ1v) is 10.6. The highest BCUT2D eigenvalue weighted by Crippen LogP contribution is 2.37. The van der Waals surface area contributed by atoms with E-state index >= 15 is 0 Å². The normalized spacial score (nSPS) is 13.8. The Labute approximate surface area is 171 Å². The van der Waals surface area contributed by atoms with Gasteiger partial charge in [0.1, 0.15) is 10.5 Å². The van der Waals surface area contributed by atoms with Crippen LogP contribution in [0.5, 0.6) is 0 Å². The van der Waals surface area contributed by atoms with Crippen LogP contribution in [0.3, 0.4) is 0 Å². The number of thioether (sulfide) groups is 1. The van der Waals surface area contributed by atoms with Crippen LogP contribution >= 0.6 is 23.1 Å². The molecule has 4 N–H and O–H groups in total. The Hall–Kier alpha value is -2.04. The second kappa shape index (κ2) is 8.97. The molecule has 0 fully saturated rings. The number of halogens is 1. The topological polar surface area (TPSA) is 110 Å². The molecule has 2 atom stereocenters. The Morgan fingerprint density at radius 3 is 2.75 bits per heavy atom. The molecule has 0 amide bonds. The van der Waals surface area contributed by atoms with Crippen LogP contribution in [-0.4, -0.2) is 37.7 Å². The SMILES string of the molecule is CC(C)C[C@H](CO)Nc1nc(SC(C)c2ccncc2F)nc2nc(N)sc12. The molecule has 3 aromatic heterocycles. The molecule has 3 rings (SSSR count). The number of nitrogens with one attached hydrogen (secondary N) is 1. The number of anilines is 2. The second-order valence-electron chi connectivity index (χ2n) is 6.87. The maximum Gasteiger partial charge on any atom is 0.192 e. The number of fused-ring (bicyclic) bond motifs is 1. The van der Waals surface area contributed by atoms with Gasteiger partial charge in [-0.1, -0.05) is 36.9 Å². The van der Waals surface area contributed by atoms with Gasteiger partial charge < -0.3 is 16.2 Å². The Kier molecular flexibility index (Phi) is 6.63. The number of thiazole rings is 1. The molecule has 150 valence electrons. The van der Waals surface area contributed by atoms with Crippen molar-refractivity contribution in [2.24, 2.45) is 5.92 Å². The molecule has 3 aromatic rings. The number of nitrogen functional groups attached to an aromatic ring is 1. The van der Waals surface area contributed by atoms with Crippen molar-refractivity contribution in [2.45, 2.75) is 43.6 Å². The van der Waals surface area contributed by atoms with Crippen molar-refractivity contribution < 1.29 is 9.50 Å². The van der Waals surface area contributed by atoms with E-state index in [0.717, 1.165) is 11.1 Å². The lowest BCUT2D eigenvalue weighted by Gasteiger charge is -2.19. The summed E-state index contributed by atoms with van der Waals surface area (Å²) in [5.41, 5.74) is 6.89. The van der Waals surface area contributed by atoms with E-state index in [1.54, 1.807) is 12.3 Å². The van der Waals surface area contributed by atoms with Crippen LogP contribution in [0.1, 0.15) is 38.0 Å². The van der Waals surface area contributed by atoms with E-state index in [2.05, 4.69) is 39.1 Å². The summed E-state index contributed by atoms with van der Waals surface area (Å²) in [6, 6.07) is 1.50. The summed E-state index contributed by atoms with van der Waals surface area (Å²) in [4.78, 5) is 17.1. The molecule has 0 aliphatic carbocycles. The second-order valence-corrected chi connectivity index (χ2v) is 9.21. The van der Waals surface area contributed by atoms with Crippen LogP contribution in [0.4, 0.5) is 15.3 Å². The van der Waals surface area contributed by atoms with Crippen molar-refractivity contribution in [3.8, 4) is 0 Å². The van der Waals surface area contributed by atoms with Crippen molar-refractivity contribution in [3.63, 3.8) is 0 Å². The number of nitrogens with two attached hydrogens (primary N) is 1. The lowest BCUT2D eigenvalue weighted by atomic mass is 10.0. The number of pyridine rings is 1. The molecule has 1 unspecified atom stereocenters. The fourth-order valence-corrected chi connectivity index (χ4v) is 4.49. The van der Waals surface area contributed by atoms with Gasteiger partial charge in [0, 0.05) is 17.0 Å². The van der Waals surface area contributed by atoms with Crippen LogP contribution in [0.25, 0.3) is 10.3 Å². The molecular formula is C18H23FN6OS2. The third kappa shape index (κ3) is 4.86. The summed E-state index contributed by atoms with van der Waals surface area (Å²) >= 11 is 2.63. The number of aliphatic hydroxyl groups is 1. The Bertz CT molecular complexity index is 951. The van der Waals surface area contributed by atoms with E-state index in [-0.39, 0.29) is 23.7 Å². The summed E-state index contributed by atoms with van der Waals surface area (Å²) in [6.45, 7) is 6.06. The number of nitrogens with zero attached hydrogens (tertiary/aromatic N) is 4. The lowest BCUT2D eigenvalue weighted by Crippen LogP contribution is -2.26. The van der Waals surface area contributed by atoms with Crippen molar-refractivity contribution >= 4 is 44.4 Å². The highest BCUT2D eigenvalue weighted by Gasteiger charge is 2.19. The van der Waals surface area contributed by atoms with Gasteiger partial charge in [-0.2, -0.15) is 0 Å². The molecule has 3 heterocycles. The molecule has 0 spiro atoms. The van der Waals surface area contributed by atoms with Crippen LogP contribution in [0.15, 0.2) is 23.6 Å². The zero-order valence-electron chi connectivity index (χ0n) is 15.9. The molecule has 0 aliphatic rings. The first-order chi connectivity index (χ1) is 13.4. The third-order valence-electron chi connectivity index (χ3n) is 4.09. The zero-order chi connectivity index (χ0) is 20.3. The first kappa shape index (κ1) is 20.7. The molecule has 10 heteroatoms. The minimum Gasteiger partial charge on any atom is -0.394 e. The number of rotatable bonds is 8. The molecule has 0 saturated heterocycles. The summed E-state index contributed by atoms with van der Waals surface area (Å²) in [5, 5.41) is 13.7. The summed E-state index contributed by atoms with van der Waals surface area (Å²) in [7, 11) is 0. The molecule has 0 aliphatic heterocycles. The van der Waals surface area contributed by atoms with E-state index in [1.165, 1.54) is 29.3 Å². The van der Waals surface area contributed by atoms with Crippen LogP contribution in [0.2, 0.25) is 0 Å². The predicted octanol–water partition coefficient (Wildman–Crippen LogP) is 3.87. The van der Waals surface area contributed by atoms with E-state index in [9.17, 15) is 9.50 Å². The minimum absolute atomic E-state index is 0.0148. The summed E-state index contributed by atoms with van der Waals surface area (Å²) < 4.78 is 14.8. The standard InChI is InChI=1S/C18H23FN6OS2/c1-9(2)6-11(8-26)22-15-14-16(23-17(20)28-14)25-18(24-15)27-10(3)12-4-5-21-7-13(12)19/h4-5,7,9-11,26H,6,8H2,1-3H3,(H3,20,22,23,24,25)/t10?,11-/m1/s1. The van der Waals surface area contributed by atoms with Crippen molar-refractivity contribution in [1.82, 2.24) is 19.9 Å². The smallest absolute Gasteiger partial charge is 0.192 e. The molecule has 7 nitrogen and oxygen atoms in total. The van der Waals surface area contributed by atoms with Gasteiger partial charge in [-0.05, 0) is 25.3 Å². The lowest BCUT2D eigenvalue weighted by molar-refractivity contribution is 0.259. The third-order valence-corrected chi connectivity index (χ3v) is 5.97. The molecular weight excluding hydrogens is 399 g/mol. The van der Waals surface area contributed by atoms with Crippen molar-refractivity contribution in [1.29, 1.82) is 0 Å². The molecule has 0 saturated carbocycles. The number of aliphatic hydroxyl groups excluding tert-OH is 1. The maximum atomic E-state index is 14.0. The number of hydrogen-bond acceptors (Lipinski definition) is 9. The highest BCUT2D eigenvalue weighted by molar-refractivity contribution is 7.99.